The Labute approximate surface area is 124 Å². The van der Waals surface area contributed by atoms with Crippen molar-refractivity contribution in [3.05, 3.63) is 16.3 Å². The molecule has 0 radical (unpaired) electrons. The molecule has 0 aliphatic carbocycles. The molecule has 0 fully saturated rings. The van der Waals surface area contributed by atoms with E-state index >= 15 is 0 Å². The highest BCUT2D eigenvalue weighted by atomic mass is 35.5. The zero-order chi connectivity index (χ0) is 13.1. The predicted molar refractivity (Wildman–Crippen MR) is 83.1 cm³/mol. The Morgan fingerprint density at radius 3 is 2.67 bits per heavy atom. The zero-order valence-corrected chi connectivity index (χ0v) is 13.7. The van der Waals surface area contributed by atoms with Gasteiger partial charge in [0.05, 0.1) is 0 Å². The summed E-state index contributed by atoms with van der Waals surface area (Å²) in [6, 6.07) is 1.99. The number of hydrogen-bond donors (Lipinski definition) is 1. The van der Waals surface area contributed by atoms with Crippen molar-refractivity contribution in [2.45, 2.75) is 18.7 Å². The van der Waals surface area contributed by atoms with Gasteiger partial charge in [-0.3, -0.25) is 4.79 Å². The average molecular weight is 309 g/mol. The third kappa shape index (κ3) is 4.46. The first kappa shape index (κ1) is 17.8. The van der Waals surface area contributed by atoms with E-state index in [9.17, 15) is 4.79 Å². The highest BCUT2D eigenvalue weighted by molar-refractivity contribution is 7.98. The molecule has 3 nitrogen and oxygen atoms in total. The molecule has 1 heterocycles. The van der Waals surface area contributed by atoms with Crippen LogP contribution in [0.1, 0.15) is 23.5 Å². The van der Waals surface area contributed by atoms with Gasteiger partial charge in [0.1, 0.15) is 4.88 Å². The molecule has 0 saturated heterocycles. The highest BCUT2D eigenvalue weighted by Gasteiger charge is 2.23. The topological polar surface area (TPSA) is 46.3 Å². The van der Waals surface area contributed by atoms with Gasteiger partial charge in [-0.1, -0.05) is 13.8 Å². The maximum Gasteiger partial charge on any atom is 0.264 e. The highest BCUT2D eigenvalue weighted by Crippen LogP contribution is 2.27. The fraction of sp³-hybridized carbons (Fsp3) is 0.583. The van der Waals surface area contributed by atoms with Crippen LogP contribution in [0.2, 0.25) is 0 Å². The minimum atomic E-state index is -0.0405. The van der Waals surface area contributed by atoms with Crippen LogP contribution in [0.4, 0.5) is 0 Å². The molecule has 0 saturated carbocycles. The van der Waals surface area contributed by atoms with Crippen molar-refractivity contribution in [2.24, 2.45) is 11.1 Å². The van der Waals surface area contributed by atoms with Crippen LogP contribution in [-0.4, -0.2) is 37.2 Å². The fourth-order valence-corrected chi connectivity index (χ4v) is 3.30. The number of nitrogens with two attached hydrogens (primary N) is 1. The van der Waals surface area contributed by atoms with Gasteiger partial charge in [0.15, 0.2) is 0 Å². The maximum absolute atomic E-state index is 12.3. The minimum absolute atomic E-state index is 0. The van der Waals surface area contributed by atoms with Crippen LogP contribution >= 0.6 is 35.5 Å². The number of halogens is 1. The first-order valence-corrected chi connectivity index (χ1v) is 7.59. The molecule has 0 aliphatic rings. The van der Waals surface area contributed by atoms with Gasteiger partial charge in [-0.15, -0.1) is 35.5 Å². The van der Waals surface area contributed by atoms with Gasteiger partial charge in [0, 0.05) is 18.5 Å². The Bertz CT molecular complexity index is 393. The molecule has 0 atom stereocenters. The van der Waals surface area contributed by atoms with Crippen molar-refractivity contribution in [1.82, 2.24) is 4.90 Å². The second-order valence-corrected chi connectivity index (χ2v) is 6.61. The molecule has 0 spiro atoms. The molecule has 0 bridgehead atoms. The predicted octanol–water partition coefficient (Wildman–Crippen LogP) is 2.95. The van der Waals surface area contributed by atoms with Gasteiger partial charge in [0.25, 0.3) is 5.91 Å². The smallest absolute Gasteiger partial charge is 0.264 e. The van der Waals surface area contributed by atoms with Gasteiger partial charge < -0.3 is 10.6 Å². The van der Waals surface area contributed by atoms with Crippen LogP contribution in [0.3, 0.4) is 0 Å². The lowest BCUT2D eigenvalue weighted by Gasteiger charge is -2.28. The number of thioether (sulfide) groups is 1. The number of carbonyl (C=O) groups excluding carboxylic acids is 1. The Morgan fingerprint density at radius 1 is 1.56 bits per heavy atom. The van der Waals surface area contributed by atoms with E-state index in [0.717, 1.165) is 9.77 Å². The summed E-state index contributed by atoms with van der Waals surface area (Å²) in [5.41, 5.74) is 5.65. The lowest BCUT2D eigenvalue weighted by atomic mass is 9.93. The normalized spacial score (nSPS) is 10.9. The minimum Gasteiger partial charge on any atom is -0.340 e. The summed E-state index contributed by atoms with van der Waals surface area (Å²) in [6.07, 6.45) is 1.99. The van der Waals surface area contributed by atoms with E-state index in [0.29, 0.717) is 13.1 Å². The summed E-state index contributed by atoms with van der Waals surface area (Å²) in [6.45, 7) is 5.39. The van der Waals surface area contributed by atoms with Crippen LogP contribution in [0.15, 0.2) is 16.3 Å². The van der Waals surface area contributed by atoms with Crippen molar-refractivity contribution in [2.75, 3.05) is 26.4 Å². The number of hydrogen-bond acceptors (Lipinski definition) is 4. The van der Waals surface area contributed by atoms with Crippen LogP contribution in [0, 0.1) is 5.41 Å². The summed E-state index contributed by atoms with van der Waals surface area (Å²) in [5.74, 6) is 0.0888. The fourth-order valence-electron chi connectivity index (χ4n) is 1.57. The Hall–Kier alpha value is -0.230. The molecule has 1 amide bonds. The summed E-state index contributed by atoms with van der Waals surface area (Å²) in [7, 11) is 1.84. The second-order valence-electron chi connectivity index (χ2n) is 4.85. The van der Waals surface area contributed by atoms with Crippen LogP contribution in [0.25, 0.3) is 0 Å². The Balaban J connectivity index is 0.00000289. The third-order valence-electron chi connectivity index (χ3n) is 2.61. The quantitative estimate of drug-likeness (QED) is 0.851. The van der Waals surface area contributed by atoms with E-state index in [1.165, 1.54) is 11.3 Å². The Kier molecular flexibility index (Phi) is 7.29. The summed E-state index contributed by atoms with van der Waals surface area (Å²) < 4.78 is 0. The van der Waals surface area contributed by atoms with Crippen molar-refractivity contribution in [1.29, 1.82) is 0 Å². The molecule has 1 aromatic rings. The first-order chi connectivity index (χ1) is 7.91. The third-order valence-corrected chi connectivity index (χ3v) is 4.42. The molecule has 6 heteroatoms. The molecule has 1 aromatic heterocycles. The maximum atomic E-state index is 12.3. The molecule has 104 valence electrons. The monoisotopic (exact) mass is 308 g/mol. The standard InChI is InChI=1S/C12H20N2OS2.ClH/c1-12(2,7-13)8-14(3)11(15)10-9(16-4)5-6-17-10;/h5-6H,7-8,13H2,1-4H3;1H. The van der Waals surface area contributed by atoms with E-state index in [1.807, 2.05) is 24.7 Å². The largest absolute Gasteiger partial charge is 0.340 e. The summed E-state index contributed by atoms with van der Waals surface area (Å²) in [5, 5.41) is 1.96. The molecule has 0 aromatic carbocycles. The first-order valence-electron chi connectivity index (χ1n) is 5.48. The van der Waals surface area contributed by atoms with Crippen molar-refractivity contribution in [3.63, 3.8) is 0 Å². The van der Waals surface area contributed by atoms with Crippen LogP contribution < -0.4 is 5.73 Å². The Morgan fingerprint density at radius 2 is 2.17 bits per heavy atom. The van der Waals surface area contributed by atoms with Gasteiger partial charge in [0.2, 0.25) is 0 Å². The summed E-state index contributed by atoms with van der Waals surface area (Å²) >= 11 is 3.11. The van der Waals surface area contributed by atoms with E-state index in [1.54, 1.807) is 16.7 Å². The zero-order valence-electron chi connectivity index (χ0n) is 11.2. The molecule has 18 heavy (non-hydrogen) atoms. The van der Waals surface area contributed by atoms with Gasteiger partial charge >= 0.3 is 0 Å². The number of nitrogens with zero attached hydrogens (tertiary/aromatic N) is 1. The van der Waals surface area contributed by atoms with Crippen molar-refractivity contribution < 1.29 is 4.79 Å². The van der Waals surface area contributed by atoms with E-state index in [2.05, 4.69) is 13.8 Å². The van der Waals surface area contributed by atoms with Gasteiger partial charge in [-0.25, -0.2) is 0 Å². The number of amides is 1. The molecule has 0 unspecified atom stereocenters. The average Bonchev–Trinajstić information content (AvgIpc) is 2.75. The van der Waals surface area contributed by atoms with E-state index < -0.39 is 0 Å². The van der Waals surface area contributed by atoms with E-state index in [-0.39, 0.29) is 23.7 Å². The SMILES string of the molecule is CSc1ccsc1C(=O)N(C)CC(C)(C)CN.Cl. The number of thiophene rings is 1. The van der Waals surface area contributed by atoms with E-state index in [4.69, 9.17) is 5.73 Å². The second kappa shape index (κ2) is 7.38. The van der Waals surface area contributed by atoms with Gasteiger partial charge in [-0.2, -0.15) is 0 Å². The van der Waals surface area contributed by atoms with Crippen LogP contribution in [-0.2, 0) is 0 Å². The lowest BCUT2D eigenvalue weighted by molar-refractivity contribution is 0.0742. The molecular formula is C12H21ClN2OS2. The van der Waals surface area contributed by atoms with Crippen molar-refractivity contribution >= 4 is 41.4 Å². The van der Waals surface area contributed by atoms with Gasteiger partial charge in [-0.05, 0) is 29.7 Å². The molecule has 1 rings (SSSR count). The van der Waals surface area contributed by atoms with Crippen molar-refractivity contribution in [3.8, 4) is 0 Å². The molecular weight excluding hydrogens is 288 g/mol. The summed E-state index contributed by atoms with van der Waals surface area (Å²) in [4.78, 5) is 15.9. The molecule has 0 aliphatic heterocycles. The number of rotatable bonds is 5. The molecule has 2 N–H and O–H groups in total. The number of carbonyl (C=O) groups is 1. The lowest BCUT2D eigenvalue weighted by Crippen LogP contribution is -2.39. The van der Waals surface area contributed by atoms with Crippen LogP contribution in [0.5, 0.6) is 0 Å².